The van der Waals surface area contributed by atoms with E-state index in [0.717, 1.165) is 0 Å². The molecule has 0 aromatic heterocycles. The van der Waals surface area contributed by atoms with E-state index < -0.39 is 0 Å². The Morgan fingerprint density at radius 2 is 0.826 bits per heavy atom. The van der Waals surface area contributed by atoms with E-state index in [1.165, 1.54) is 96.3 Å². The second kappa shape index (κ2) is 14.8. The molecular weight excluding hydrogens is 276 g/mol. The average molecular weight is 317 g/mol. The lowest BCUT2D eigenvalue weighted by molar-refractivity contribution is 0.556. The van der Waals surface area contributed by atoms with Crippen LogP contribution in [0.3, 0.4) is 0 Å². The zero-order valence-corrected chi connectivity index (χ0v) is 15.9. The smallest absolute Gasteiger partial charge is 0.0276 e. The third kappa shape index (κ3) is 10.6. The van der Waals surface area contributed by atoms with Gasteiger partial charge in [0.15, 0.2) is 0 Å². The molecule has 1 aromatic rings. The molecule has 0 nitrogen and oxygen atoms in total. The SMILES string of the molecule is CCCCCCCCCCCCc1ccccc1CCCCC. The van der Waals surface area contributed by atoms with Gasteiger partial charge in [-0.1, -0.05) is 109 Å². The molecule has 0 radical (unpaired) electrons. The topological polar surface area (TPSA) is 0 Å². The van der Waals surface area contributed by atoms with Gasteiger partial charge in [0.25, 0.3) is 0 Å². The number of unbranched alkanes of at least 4 members (excludes halogenated alkanes) is 11. The van der Waals surface area contributed by atoms with Crippen molar-refractivity contribution >= 4 is 0 Å². The molecule has 0 bridgehead atoms. The number of hydrogen-bond acceptors (Lipinski definition) is 0. The van der Waals surface area contributed by atoms with Crippen LogP contribution in [-0.2, 0) is 12.8 Å². The molecule has 0 aliphatic heterocycles. The zero-order chi connectivity index (χ0) is 16.6. The number of hydrogen-bond donors (Lipinski definition) is 0. The number of rotatable bonds is 15. The molecule has 0 atom stereocenters. The van der Waals surface area contributed by atoms with Crippen LogP contribution in [0.25, 0.3) is 0 Å². The molecule has 0 amide bonds. The van der Waals surface area contributed by atoms with E-state index in [4.69, 9.17) is 0 Å². The lowest BCUT2D eigenvalue weighted by Crippen LogP contribution is -1.95. The molecule has 0 spiro atoms. The molecule has 0 fully saturated rings. The highest BCUT2D eigenvalue weighted by Crippen LogP contribution is 2.17. The van der Waals surface area contributed by atoms with E-state index in [-0.39, 0.29) is 0 Å². The van der Waals surface area contributed by atoms with Gasteiger partial charge in [0, 0.05) is 0 Å². The molecule has 0 saturated carbocycles. The van der Waals surface area contributed by atoms with E-state index in [0.29, 0.717) is 0 Å². The van der Waals surface area contributed by atoms with Crippen LogP contribution in [0.5, 0.6) is 0 Å². The van der Waals surface area contributed by atoms with Crippen LogP contribution in [0.15, 0.2) is 24.3 Å². The van der Waals surface area contributed by atoms with Gasteiger partial charge in [-0.15, -0.1) is 0 Å². The Bertz CT molecular complexity index is 366. The predicted octanol–water partition coefficient (Wildman–Crippen LogP) is 7.88. The van der Waals surface area contributed by atoms with Gasteiger partial charge in [0.1, 0.15) is 0 Å². The fourth-order valence-corrected chi connectivity index (χ4v) is 3.41. The van der Waals surface area contributed by atoms with Gasteiger partial charge < -0.3 is 0 Å². The highest BCUT2D eigenvalue weighted by Gasteiger charge is 2.01. The summed E-state index contributed by atoms with van der Waals surface area (Å²) in [6.07, 6.45) is 20.9. The largest absolute Gasteiger partial charge is 0.0654 e. The molecule has 0 unspecified atom stereocenters. The van der Waals surface area contributed by atoms with Crippen molar-refractivity contribution in [1.82, 2.24) is 0 Å². The molecule has 0 saturated heterocycles. The first kappa shape index (κ1) is 20.3. The summed E-state index contributed by atoms with van der Waals surface area (Å²) in [5.41, 5.74) is 3.22. The Hall–Kier alpha value is -0.780. The monoisotopic (exact) mass is 316 g/mol. The van der Waals surface area contributed by atoms with Gasteiger partial charge in [0.2, 0.25) is 0 Å². The molecule has 1 rings (SSSR count). The normalized spacial score (nSPS) is 11.0. The lowest BCUT2D eigenvalue weighted by Gasteiger charge is -2.09. The van der Waals surface area contributed by atoms with E-state index in [9.17, 15) is 0 Å². The summed E-state index contributed by atoms with van der Waals surface area (Å²) in [5, 5.41) is 0. The maximum atomic E-state index is 2.36. The summed E-state index contributed by atoms with van der Waals surface area (Å²) in [5.74, 6) is 0. The molecule has 1 aromatic carbocycles. The molecule has 0 N–H and O–H groups in total. The molecule has 0 aliphatic carbocycles. The third-order valence-electron chi connectivity index (χ3n) is 4.97. The fraction of sp³-hybridized carbons (Fsp3) is 0.739. The standard InChI is InChI=1S/C23H40/c1-3-5-7-8-9-10-11-12-13-15-19-23-21-17-16-20-22(23)18-14-6-4-2/h16-17,20-21H,3-15,18-19H2,1-2H3. The van der Waals surface area contributed by atoms with Crippen LogP contribution in [0.2, 0.25) is 0 Å². The van der Waals surface area contributed by atoms with Crippen LogP contribution in [-0.4, -0.2) is 0 Å². The van der Waals surface area contributed by atoms with Crippen molar-refractivity contribution in [3.63, 3.8) is 0 Å². The maximum Gasteiger partial charge on any atom is -0.0276 e. The first-order valence-electron chi connectivity index (χ1n) is 10.4. The van der Waals surface area contributed by atoms with E-state index in [1.807, 2.05) is 0 Å². The quantitative estimate of drug-likeness (QED) is 0.289. The molecule has 23 heavy (non-hydrogen) atoms. The Morgan fingerprint density at radius 1 is 0.478 bits per heavy atom. The van der Waals surface area contributed by atoms with Gasteiger partial charge in [-0.2, -0.15) is 0 Å². The predicted molar refractivity (Wildman–Crippen MR) is 105 cm³/mol. The average Bonchev–Trinajstić information content (AvgIpc) is 2.58. The molecule has 0 heterocycles. The molecule has 0 heteroatoms. The van der Waals surface area contributed by atoms with Gasteiger partial charge >= 0.3 is 0 Å². The minimum atomic E-state index is 1.28. The Balaban J connectivity index is 2.07. The highest BCUT2D eigenvalue weighted by molar-refractivity contribution is 5.27. The van der Waals surface area contributed by atoms with Crippen LogP contribution in [0, 0.1) is 0 Å². The highest BCUT2D eigenvalue weighted by atomic mass is 14.1. The minimum absolute atomic E-state index is 1.28. The number of aryl methyl sites for hydroxylation is 2. The van der Waals surface area contributed by atoms with Gasteiger partial charge in [-0.05, 0) is 36.8 Å². The number of benzene rings is 1. The Morgan fingerprint density at radius 3 is 1.30 bits per heavy atom. The van der Waals surface area contributed by atoms with Crippen LogP contribution in [0.1, 0.15) is 108 Å². The Kier molecular flexibility index (Phi) is 13.0. The summed E-state index contributed by atoms with van der Waals surface area (Å²) in [6, 6.07) is 9.13. The van der Waals surface area contributed by atoms with Gasteiger partial charge in [0.05, 0.1) is 0 Å². The Labute approximate surface area is 146 Å². The summed E-state index contributed by atoms with van der Waals surface area (Å²) in [4.78, 5) is 0. The lowest BCUT2D eigenvalue weighted by atomic mass is 9.97. The van der Waals surface area contributed by atoms with E-state index in [1.54, 1.807) is 11.1 Å². The van der Waals surface area contributed by atoms with Crippen LogP contribution >= 0.6 is 0 Å². The van der Waals surface area contributed by atoms with Crippen LogP contribution < -0.4 is 0 Å². The van der Waals surface area contributed by atoms with Crippen molar-refractivity contribution < 1.29 is 0 Å². The van der Waals surface area contributed by atoms with Gasteiger partial charge in [-0.3, -0.25) is 0 Å². The van der Waals surface area contributed by atoms with Crippen molar-refractivity contribution in [3.05, 3.63) is 35.4 Å². The fourth-order valence-electron chi connectivity index (χ4n) is 3.41. The molecular formula is C23H40. The molecule has 0 aliphatic rings. The van der Waals surface area contributed by atoms with Crippen molar-refractivity contribution in [2.24, 2.45) is 0 Å². The minimum Gasteiger partial charge on any atom is -0.0654 e. The second-order valence-corrected chi connectivity index (χ2v) is 7.16. The van der Waals surface area contributed by atoms with E-state index in [2.05, 4.69) is 38.1 Å². The third-order valence-corrected chi connectivity index (χ3v) is 4.97. The first-order chi connectivity index (χ1) is 11.4. The first-order valence-corrected chi connectivity index (χ1v) is 10.4. The second-order valence-electron chi connectivity index (χ2n) is 7.16. The summed E-state index contributed by atoms with van der Waals surface area (Å²) in [7, 11) is 0. The zero-order valence-electron chi connectivity index (χ0n) is 15.9. The van der Waals surface area contributed by atoms with Crippen molar-refractivity contribution in [2.45, 2.75) is 110 Å². The summed E-state index contributed by atoms with van der Waals surface area (Å²) in [6.45, 7) is 4.58. The van der Waals surface area contributed by atoms with E-state index >= 15 is 0 Å². The van der Waals surface area contributed by atoms with Crippen LogP contribution in [0.4, 0.5) is 0 Å². The maximum absolute atomic E-state index is 2.36. The summed E-state index contributed by atoms with van der Waals surface area (Å²) >= 11 is 0. The molecule has 132 valence electrons. The van der Waals surface area contributed by atoms with Crippen molar-refractivity contribution in [1.29, 1.82) is 0 Å². The van der Waals surface area contributed by atoms with Crippen molar-refractivity contribution in [3.8, 4) is 0 Å². The van der Waals surface area contributed by atoms with Crippen molar-refractivity contribution in [2.75, 3.05) is 0 Å². The van der Waals surface area contributed by atoms with Gasteiger partial charge in [-0.25, -0.2) is 0 Å². The summed E-state index contributed by atoms with van der Waals surface area (Å²) < 4.78 is 0.